The summed E-state index contributed by atoms with van der Waals surface area (Å²) in [7, 11) is 0. The van der Waals surface area contributed by atoms with Crippen LogP contribution in [0.4, 0.5) is 0 Å². The highest BCUT2D eigenvalue weighted by atomic mass is 35.5. The second-order valence-corrected chi connectivity index (χ2v) is 6.82. The maximum Gasteiger partial charge on any atom is 0.227 e. The van der Waals surface area contributed by atoms with Crippen molar-refractivity contribution in [2.24, 2.45) is 0 Å². The van der Waals surface area contributed by atoms with Gasteiger partial charge in [-0.2, -0.15) is 0 Å². The van der Waals surface area contributed by atoms with Crippen LogP contribution in [0.25, 0.3) is 0 Å². The predicted octanol–water partition coefficient (Wildman–Crippen LogP) is 3.66. The molecule has 1 aliphatic carbocycles. The first kappa shape index (κ1) is 17.2. The number of amides is 1. The minimum atomic E-state index is -0.739. The van der Waals surface area contributed by atoms with Crippen LogP contribution in [-0.4, -0.2) is 33.5 Å². The van der Waals surface area contributed by atoms with Gasteiger partial charge in [-0.1, -0.05) is 35.3 Å². The molecule has 1 amide bonds. The van der Waals surface area contributed by atoms with E-state index >= 15 is 0 Å². The molecule has 2 aromatic rings. The van der Waals surface area contributed by atoms with Gasteiger partial charge in [0.15, 0.2) is 0 Å². The van der Waals surface area contributed by atoms with E-state index in [0.29, 0.717) is 15.6 Å². The Labute approximate surface area is 151 Å². The van der Waals surface area contributed by atoms with E-state index in [1.165, 1.54) is 0 Å². The monoisotopic (exact) mass is 364 g/mol. The van der Waals surface area contributed by atoms with E-state index in [1.54, 1.807) is 41.6 Å². The molecular weight excluding hydrogens is 347 g/mol. The molecule has 126 valence electrons. The highest BCUT2D eigenvalue weighted by molar-refractivity contribution is 6.42. The number of rotatable bonds is 6. The molecule has 1 atom stereocenters. The number of halogens is 2. The summed E-state index contributed by atoms with van der Waals surface area (Å²) in [5, 5.41) is 11.3. The Hall–Kier alpha value is -1.62. The summed E-state index contributed by atoms with van der Waals surface area (Å²) >= 11 is 11.9. The SMILES string of the molecule is O=C(Cc1ccc(Cl)c(Cl)c1)N(C[C@@H](O)c1cccnc1)C1CC1. The lowest BCUT2D eigenvalue weighted by atomic mass is 10.1. The third-order valence-electron chi connectivity index (χ3n) is 4.09. The first-order chi connectivity index (χ1) is 11.5. The number of nitrogens with zero attached hydrogens (tertiary/aromatic N) is 2. The van der Waals surface area contributed by atoms with Gasteiger partial charge in [-0.25, -0.2) is 0 Å². The third kappa shape index (κ3) is 4.26. The minimum Gasteiger partial charge on any atom is -0.386 e. The molecule has 1 heterocycles. The molecule has 0 radical (unpaired) electrons. The summed E-state index contributed by atoms with van der Waals surface area (Å²) < 4.78 is 0. The lowest BCUT2D eigenvalue weighted by molar-refractivity contribution is -0.132. The van der Waals surface area contributed by atoms with Crippen LogP contribution in [-0.2, 0) is 11.2 Å². The van der Waals surface area contributed by atoms with Gasteiger partial charge in [0.1, 0.15) is 0 Å². The van der Waals surface area contributed by atoms with Crippen LogP contribution in [0.1, 0.15) is 30.1 Å². The average Bonchev–Trinajstić information content (AvgIpc) is 3.41. The highest BCUT2D eigenvalue weighted by Crippen LogP contribution is 2.30. The van der Waals surface area contributed by atoms with Crippen molar-refractivity contribution in [3.05, 3.63) is 63.9 Å². The Kier molecular flexibility index (Phi) is 5.39. The number of carbonyl (C=O) groups excluding carboxylic acids is 1. The van der Waals surface area contributed by atoms with Crippen LogP contribution in [0, 0.1) is 0 Å². The number of aliphatic hydroxyl groups excluding tert-OH is 1. The van der Waals surface area contributed by atoms with E-state index < -0.39 is 6.10 Å². The number of hydrogen-bond donors (Lipinski definition) is 1. The van der Waals surface area contributed by atoms with Gasteiger partial charge in [0.2, 0.25) is 5.91 Å². The minimum absolute atomic E-state index is 0.0150. The molecule has 24 heavy (non-hydrogen) atoms. The quantitative estimate of drug-likeness (QED) is 0.850. The molecular formula is C18H18Cl2N2O2. The van der Waals surface area contributed by atoms with E-state index in [9.17, 15) is 9.90 Å². The molecule has 0 saturated heterocycles. The number of benzene rings is 1. The van der Waals surface area contributed by atoms with E-state index in [1.807, 2.05) is 6.07 Å². The molecule has 6 heteroatoms. The Morgan fingerprint density at radius 1 is 1.29 bits per heavy atom. The molecule has 1 aromatic heterocycles. The lowest BCUT2D eigenvalue weighted by Gasteiger charge is -2.25. The van der Waals surface area contributed by atoms with Gasteiger partial charge in [0.05, 0.1) is 29.1 Å². The Morgan fingerprint density at radius 2 is 2.08 bits per heavy atom. The normalized spacial score (nSPS) is 15.1. The highest BCUT2D eigenvalue weighted by Gasteiger charge is 2.33. The van der Waals surface area contributed by atoms with Gasteiger partial charge in [0, 0.05) is 24.0 Å². The van der Waals surface area contributed by atoms with E-state index in [2.05, 4.69) is 4.98 Å². The zero-order valence-electron chi connectivity index (χ0n) is 13.0. The molecule has 0 unspecified atom stereocenters. The van der Waals surface area contributed by atoms with Crippen molar-refractivity contribution < 1.29 is 9.90 Å². The van der Waals surface area contributed by atoms with Crippen LogP contribution >= 0.6 is 23.2 Å². The Bertz CT molecular complexity index is 720. The maximum absolute atomic E-state index is 12.7. The second-order valence-electron chi connectivity index (χ2n) is 6.00. The van der Waals surface area contributed by atoms with Gasteiger partial charge in [-0.3, -0.25) is 9.78 Å². The fraction of sp³-hybridized carbons (Fsp3) is 0.333. The zero-order chi connectivity index (χ0) is 17.1. The zero-order valence-corrected chi connectivity index (χ0v) is 14.5. The summed E-state index contributed by atoms with van der Waals surface area (Å²) in [5.41, 5.74) is 1.53. The van der Waals surface area contributed by atoms with E-state index in [4.69, 9.17) is 23.2 Å². The van der Waals surface area contributed by atoms with Gasteiger partial charge in [0.25, 0.3) is 0 Å². The summed E-state index contributed by atoms with van der Waals surface area (Å²) in [6.07, 6.45) is 4.74. The average molecular weight is 365 g/mol. The first-order valence-corrected chi connectivity index (χ1v) is 8.61. The van der Waals surface area contributed by atoms with Crippen molar-refractivity contribution in [3.8, 4) is 0 Å². The topological polar surface area (TPSA) is 53.4 Å². The molecule has 1 fully saturated rings. The smallest absolute Gasteiger partial charge is 0.227 e. The Morgan fingerprint density at radius 3 is 2.71 bits per heavy atom. The number of carbonyl (C=O) groups is 1. The third-order valence-corrected chi connectivity index (χ3v) is 4.83. The van der Waals surface area contributed by atoms with E-state index in [0.717, 1.165) is 18.4 Å². The van der Waals surface area contributed by atoms with Gasteiger partial charge < -0.3 is 10.0 Å². The molecule has 1 aliphatic rings. The number of pyridine rings is 1. The van der Waals surface area contributed by atoms with Crippen LogP contribution in [0.3, 0.4) is 0 Å². The van der Waals surface area contributed by atoms with Crippen molar-refractivity contribution >= 4 is 29.1 Å². The number of aliphatic hydroxyl groups is 1. The summed E-state index contributed by atoms with van der Waals surface area (Å²) in [5.74, 6) is -0.0150. The van der Waals surface area contributed by atoms with Crippen LogP contribution in [0.2, 0.25) is 10.0 Å². The lowest BCUT2D eigenvalue weighted by Crippen LogP contribution is -2.37. The van der Waals surface area contributed by atoms with Crippen molar-refractivity contribution in [1.29, 1.82) is 0 Å². The molecule has 0 bridgehead atoms. The first-order valence-electron chi connectivity index (χ1n) is 7.86. The molecule has 0 spiro atoms. The molecule has 4 nitrogen and oxygen atoms in total. The summed E-state index contributed by atoms with van der Waals surface area (Å²) in [6, 6.07) is 9.01. The van der Waals surface area contributed by atoms with Crippen molar-refractivity contribution in [2.45, 2.75) is 31.4 Å². The largest absolute Gasteiger partial charge is 0.386 e. The van der Waals surface area contributed by atoms with Crippen LogP contribution in [0.5, 0.6) is 0 Å². The molecule has 3 rings (SSSR count). The maximum atomic E-state index is 12.7. The second kappa shape index (κ2) is 7.51. The van der Waals surface area contributed by atoms with Crippen molar-refractivity contribution in [2.75, 3.05) is 6.54 Å². The summed E-state index contributed by atoms with van der Waals surface area (Å²) in [4.78, 5) is 18.5. The standard InChI is InChI=1S/C18H18Cl2N2O2/c19-15-6-3-12(8-16(15)20)9-18(24)22(14-4-5-14)11-17(23)13-2-1-7-21-10-13/h1-3,6-8,10,14,17,23H,4-5,9,11H2/t17-/m1/s1. The predicted molar refractivity (Wildman–Crippen MR) is 94.1 cm³/mol. The van der Waals surface area contributed by atoms with E-state index in [-0.39, 0.29) is 24.9 Å². The number of aromatic nitrogens is 1. The molecule has 1 saturated carbocycles. The van der Waals surface area contributed by atoms with Crippen LogP contribution in [0.15, 0.2) is 42.7 Å². The Balaban J connectivity index is 1.68. The van der Waals surface area contributed by atoms with Crippen molar-refractivity contribution in [1.82, 2.24) is 9.88 Å². The fourth-order valence-electron chi connectivity index (χ4n) is 2.63. The van der Waals surface area contributed by atoms with Gasteiger partial charge >= 0.3 is 0 Å². The molecule has 1 N–H and O–H groups in total. The molecule has 1 aromatic carbocycles. The number of hydrogen-bond acceptors (Lipinski definition) is 3. The summed E-state index contributed by atoms with van der Waals surface area (Å²) in [6.45, 7) is 0.274. The van der Waals surface area contributed by atoms with Gasteiger partial charge in [-0.05, 0) is 36.6 Å². The fourth-order valence-corrected chi connectivity index (χ4v) is 2.95. The molecule has 0 aliphatic heterocycles. The van der Waals surface area contributed by atoms with Gasteiger partial charge in [-0.15, -0.1) is 0 Å². The van der Waals surface area contributed by atoms with Crippen molar-refractivity contribution in [3.63, 3.8) is 0 Å². The van der Waals surface area contributed by atoms with Crippen LogP contribution < -0.4 is 0 Å².